The quantitative estimate of drug-likeness (QED) is 0.0936. The lowest BCUT2D eigenvalue weighted by Crippen LogP contribution is -2.37. The second kappa shape index (κ2) is 19.2. The van der Waals surface area contributed by atoms with Crippen LogP contribution in [-0.2, 0) is 18.3 Å². The van der Waals surface area contributed by atoms with E-state index in [9.17, 15) is 9.46 Å². The van der Waals surface area contributed by atoms with E-state index in [0.29, 0.717) is 17.6 Å². The molecule has 0 aromatic rings. The van der Waals surface area contributed by atoms with E-state index in [2.05, 4.69) is 6.92 Å². The van der Waals surface area contributed by atoms with Crippen molar-refractivity contribution >= 4 is 7.82 Å². The Balaban J connectivity index is 1.92. The standard InChI is InChI=1S/C27H56NO5P/c1-5-6-7-8-9-10-11-12-13-14-15-16-17-26-18-20-27(21-19-26)31-24-25-33-34(29,30)32-23-22-28(2,3)4/h26-27H,5-25H2,1-4H3/p+1. The number of nitrogens with zero attached hydrogens (tertiary/aromatic N) is 1. The minimum absolute atomic E-state index is 0.0942. The Kier molecular flexibility index (Phi) is 18.1. The third-order valence-electron chi connectivity index (χ3n) is 6.97. The van der Waals surface area contributed by atoms with E-state index in [-0.39, 0.29) is 19.3 Å². The van der Waals surface area contributed by atoms with Crippen molar-refractivity contribution in [3.63, 3.8) is 0 Å². The van der Waals surface area contributed by atoms with Gasteiger partial charge in [-0.25, -0.2) is 4.57 Å². The highest BCUT2D eigenvalue weighted by molar-refractivity contribution is 7.47. The maximum atomic E-state index is 11.9. The monoisotopic (exact) mass is 506 g/mol. The van der Waals surface area contributed by atoms with E-state index in [4.69, 9.17) is 13.8 Å². The van der Waals surface area contributed by atoms with Gasteiger partial charge < -0.3 is 14.1 Å². The Morgan fingerprint density at radius 2 is 1.24 bits per heavy atom. The molecule has 6 nitrogen and oxygen atoms in total. The molecule has 1 fully saturated rings. The van der Waals surface area contributed by atoms with E-state index < -0.39 is 7.82 Å². The molecule has 1 saturated carbocycles. The van der Waals surface area contributed by atoms with Crippen LogP contribution in [0.25, 0.3) is 0 Å². The number of rotatable bonds is 22. The van der Waals surface area contributed by atoms with Crippen LogP contribution in [0.1, 0.15) is 116 Å². The van der Waals surface area contributed by atoms with Gasteiger partial charge in [-0.2, -0.15) is 0 Å². The lowest BCUT2D eigenvalue weighted by atomic mass is 9.84. The molecular formula is C27H57NO5P+. The van der Waals surface area contributed by atoms with Gasteiger partial charge in [0.25, 0.3) is 0 Å². The predicted octanol–water partition coefficient (Wildman–Crippen LogP) is 7.49. The Bertz CT molecular complexity index is 518. The summed E-state index contributed by atoms with van der Waals surface area (Å²) < 4.78 is 28.5. The van der Waals surface area contributed by atoms with Crippen LogP contribution in [0, 0.1) is 5.92 Å². The summed E-state index contributed by atoms with van der Waals surface area (Å²) in [5.74, 6) is 0.853. The fourth-order valence-electron chi connectivity index (χ4n) is 4.70. The first-order valence-electron chi connectivity index (χ1n) is 14.3. The molecule has 0 heterocycles. The summed E-state index contributed by atoms with van der Waals surface area (Å²) in [6.45, 7) is 3.56. The topological polar surface area (TPSA) is 65.0 Å². The number of likely N-dealkylation sites (N-methyl/N-ethyl adjacent to an activating group) is 1. The molecule has 0 aliphatic heterocycles. The zero-order chi connectivity index (χ0) is 25.1. The molecule has 0 amide bonds. The van der Waals surface area contributed by atoms with Gasteiger partial charge in [0.05, 0.1) is 40.5 Å². The number of hydrogen-bond donors (Lipinski definition) is 1. The summed E-state index contributed by atoms with van der Waals surface area (Å²) in [6, 6.07) is 0. The molecule has 1 rings (SSSR count). The molecule has 204 valence electrons. The summed E-state index contributed by atoms with van der Waals surface area (Å²) in [5.41, 5.74) is 0. The average Bonchev–Trinajstić information content (AvgIpc) is 2.77. The van der Waals surface area contributed by atoms with Crippen LogP contribution in [-0.4, -0.2) is 63.0 Å². The first kappa shape index (κ1) is 32.1. The van der Waals surface area contributed by atoms with Gasteiger partial charge in [-0.15, -0.1) is 0 Å². The fraction of sp³-hybridized carbons (Fsp3) is 1.00. The molecule has 0 aromatic carbocycles. The number of hydrogen-bond acceptors (Lipinski definition) is 4. The van der Waals surface area contributed by atoms with Crippen LogP contribution in [0.15, 0.2) is 0 Å². The van der Waals surface area contributed by atoms with Crippen LogP contribution in [0.2, 0.25) is 0 Å². The predicted molar refractivity (Wildman–Crippen MR) is 142 cm³/mol. The van der Waals surface area contributed by atoms with Gasteiger partial charge in [-0.3, -0.25) is 9.05 Å². The van der Waals surface area contributed by atoms with Crippen molar-refractivity contribution < 1.29 is 27.7 Å². The van der Waals surface area contributed by atoms with Crippen LogP contribution in [0.3, 0.4) is 0 Å². The van der Waals surface area contributed by atoms with Crippen molar-refractivity contribution in [2.75, 3.05) is 47.5 Å². The second-order valence-corrected chi connectivity index (χ2v) is 12.8. The first-order valence-corrected chi connectivity index (χ1v) is 15.8. The summed E-state index contributed by atoms with van der Waals surface area (Å²) >= 11 is 0. The van der Waals surface area contributed by atoms with E-state index in [1.54, 1.807) is 0 Å². The highest BCUT2D eigenvalue weighted by Gasteiger charge is 2.24. The second-order valence-electron chi connectivity index (χ2n) is 11.3. The Labute approximate surface area is 211 Å². The molecule has 0 radical (unpaired) electrons. The average molecular weight is 507 g/mol. The zero-order valence-electron chi connectivity index (χ0n) is 23.0. The number of phosphoric acid groups is 1. The zero-order valence-corrected chi connectivity index (χ0v) is 23.9. The molecule has 0 spiro atoms. The third kappa shape index (κ3) is 19.2. The molecule has 0 saturated heterocycles. The fourth-order valence-corrected chi connectivity index (χ4v) is 5.39. The van der Waals surface area contributed by atoms with Crippen LogP contribution >= 0.6 is 7.82 Å². The molecule has 1 unspecified atom stereocenters. The Hall–Kier alpha value is 0.0300. The molecule has 0 aromatic heterocycles. The molecule has 7 heteroatoms. The molecule has 1 aliphatic rings. The van der Waals surface area contributed by atoms with Crippen molar-refractivity contribution in [2.24, 2.45) is 5.92 Å². The highest BCUT2D eigenvalue weighted by Crippen LogP contribution is 2.42. The summed E-state index contributed by atoms with van der Waals surface area (Å²) in [6.07, 6.45) is 23.2. The SMILES string of the molecule is CCCCCCCCCCCCCCC1CCC(OCCOP(=O)(O)OCC[N+](C)(C)C)CC1. The lowest BCUT2D eigenvalue weighted by Gasteiger charge is -2.28. The van der Waals surface area contributed by atoms with Gasteiger partial charge in [0.1, 0.15) is 13.2 Å². The van der Waals surface area contributed by atoms with Gasteiger partial charge in [-0.05, 0) is 31.6 Å². The van der Waals surface area contributed by atoms with Crippen molar-refractivity contribution in [1.82, 2.24) is 0 Å². The minimum Gasteiger partial charge on any atom is -0.376 e. The summed E-state index contributed by atoms with van der Waals surface area (Å²) in [5, 5.41) is 0. The van der Waals surface area contributed by atoms with Crippen molar-refractivity contribution in [3.05, 3.63) is 0 Å². The van der Waals surface area contributed by atoms with Gasteiger partial charge in [0.15, 0.2) is 0 Å². The molecular weight excluding hydrogens is 449 g/mol. The smallest absolute Gasteiger partial charge is 0.376 e. The minimum atomic E-state index is -3.98. The van der Waals surface area contributed by atoms with Gasteiger partial charge >= 0.3 is 7.82 Å². The maximum Gasteiger partial charge on any atom is 0.472 e. The number of phosphoric ester groups is 1. The Morgan fingerprint density at radius 1 is 0.735 bits per heavy atom. The van der Waals surface area contributed by atoms with Crippen molar-refractivity contribution in [3.8, 4) is 0 Å². The van der Waals surface area contributed by atoms with Gasteiger partial charge in [0.2, 0.25) is 0 Å². The molecule has 1 aliphatic carbocycles. The number of unbranched alkanes of at least 4 members (excludes halogenated alkanes) is 11. The van der Waals surface area contributed by atoms with Crippen molar-refractivity contribution in [2.45, 2.75) is 122 Å². The largest absolute Gasteiger partial charge is 0.472 e. The highest BCUT2D eigenvalue weighted by atomic mass is 31.2. The first-order chi connectivity index (χ1) is 16.2. The van der Waals surface area contributed by atoms with E-state index in [0.717, 1.165) is 18.8 Å². The van der Waals surface area contributed by atoms with Crippen LogP contribution in [0.4, 0.5) is 0 Å². The Morgan fingerprint density at radius 3 is 1.76 bits per heavy atom. The molecule has 1 atom stereocenters. The lowest BCUT2D eigenvalue weighted by molar-refractivity contribution is -0.870. The van der Waals surface area contributed by atoms with Crippen molar-refractivity contribution in [1.29, 1.82) is 0 Å². The molecule has 0 bridgehead atoms. The van der Waals surface area contributed by atoms with Gasteiger partial charge in [0, 0.05) is 0 Å². The molecule has 1 N–H and O–H groups in total. The van der Waals surface area contributed by atoms with E-state index in [1.807, 2.05) is 21.1 Å². The van der Waals surface area contributed by atoms with E-state index in [1.165, 1.54) is 96.3 Å². The van der Waals surface area contributed by atoms with Crippen LogP contribution < -0.4 is 0 Å². The van der Waals surface area contributed by atoms with E-state index >= 15 is 0 Å². The number of quaternary nitrogens is 1. The van der Waals surface area contributed by atoms with Gasteiger partial charge in [-0.1, -0.05) is 90.4 Å². The number of ether oxygens (including phenoxy) is 1. The third-order valence-corrected chi connectivity index (χ3v) is 7.99. The normalized spacial score (nSPS) is 21.0. The maximum absolute atomic E-state index is 11.9. The van der Waals surface area contributed by atoms with Crippen LogP contribution in [0.5, 0.6) is 0 Å². The summed E-state index contributed by atoms with van der Waals surface area (Å²) in [4.78, 5) is 9.74. The molecule has 34 heavy (non-hydrogen) atoms. The summed E-state index contributed by atoms with van der Waals surface area (Å²) in [7, 11) is 2.04.